The maximum absolute atomic E-state index is 13.5. The smallest absolute Gasteiger partial charge is 0.312 e. The van der Waals surface area contributed by atoms with Crippen molar-refractivity contribution in [3.05, 3.63) is 38.6 Å². The van der Waals surface area contributed by atoms with Gasteiger partial charge in [0.15, 0.2) is 5.16 Å². The van der Waals surface area contributed by atoms with Crippen molar-refractivity contribution in [2.45, 2.75) is 5.16 Å². The Morgan fingerprint density at radius 2 is 2.14 bits per heavy atom. The summed E-state index contributed by atoms with van der Waals surface area (Å²) < 4.78 is 18.8. The molecule has 0 unspecified atom stereocenters. The lowest BCUT2D eigenvalue weighted by Gasteiger charge is -2.08. The number of rotatable bonds is 4. The van der Waals surface area contributed by atoms with E-state index in [1.807, 2.05) is 0 Å². The summed E-state index contributed by atoms with van der Waals surface area (Å²) in [6.45, 7) is 0. The van der Waals surface area contributed by atoms with E-state index in [1.54, 1.807) is 6.26 Å². The Hall–Kier alpha value is -1.94. The van der Waals surface area contributed by atoms with E-state index >= 15 is 0 Å². The standard InChI is InChI=1S/C11H8BrFN4O3S/c1-21-11-15-9(14)4-10(16-11)20-8-3-6(13)5(12)2-7(8)17(18)19/h2-4H,1H3,(H2,14,15,16). The van der Waals surface area contributed by atoms with E-state index in [0.717, 1.165) is 12.1 Å². The Morgan fingerprint density at radius 3 is 2.76 bits per heavy atom. The molecule has 0 saturated heterocycles. The van der Waals surface area contributed by atoms with Gasteiger partial charge in [-0.2, -0.15) is 4.98 Å². The van der Waals surface area contributed by atoms with Crippen LogP contribution in [0.25, 0.3) is 0 Å². The van der Waals surface area contributed by atoms with Crippen LogP contribution in [0.1, 0.15) is 0 Å². The number of nitro groups is 1. The zero-order valence-corrected chi connectivity index (χ0v) is 12.9. The number of thioether (sulfide) groups is 1. The van der Waals surface area contributed by atoms with Gasteiger partial charge >= 0.3 is 5.69 Å². The summed E-state index contributed by atoms with van der Waals surface area (Å²) in [6, 6.07) is 3.22. The Balaban J connectivity index is 2.46. The number of hydrogen-bond acceptors (Lipinski definition) is 7. The minimum atomic E-state index is -0.692. The van der Waals surface area contributed by atoms with Crippen LogP contribution in [-0.4, -0.2) is 21.1 Å². The number of anilines is 1. The molecule has 2 rings (SSSR count). The lowest BCUT2D eigenvalue weighted by atomic mass is 10.3. The van der Waals surface area contributed by atoms with E-state index in [9.17, 15) is 14.5 Å². The Morgan fingerprint density at radius 1 is 1.43 bits per heavy atom. The zero-order valence-electron chi connectivity index (χ0n) is 10.5. The van der Waals surface area contributed by atoms with Gasteiger partial charge in [-0.3, -0.25) is 10.1 Å². The lowest BCUT2D eigenvalue weighted by Crippen LogP contribution is -1.99. The minimum absolute atomic E-state index is 0.00308. The average Bonchev–Trinajstić information content (AvgIpc) is 2.41. The summed E-state index contributed by atoms with van der Waals surface area (Å²) in [5, 5.41) is 11.3. The molecule has 0 aliphatic carbocycles. The Kier molecular flexibility index (Phi) is 4.58. The van der Waals surface area contributed by atoms with Crippen LogP contribution in [-0.2, 0) is 0 Å². The Labute approximate surface area is 131 Å². The SMILES string of the molecule is CSc1nc(N)cc(Oc2cc(F)c(Br)cc2[N+](=O)[O-])n1. The van der Waals surface area contributed by atoms with Crippen LogP contribution in [0.2, 0.25) is 0 Å². The van der Waals surface area contributed by atoms with Gasteiger partial charge in [-0.25, -0.2) is 9.37 Å². The highest BCUT2D eigenvalue weighted by molar-refractivity contribution is 9.10. The van der Waals surface area contributed by atoms with Gasteiger partial charge in [-0.05, 0) is 22.2 Å². The zero-order chi connectivity index (χ0) is 15.6. The fourth-order valence-corrected chi connectivity index (χ4v) is 2.13. The van der Waals surface area contributed by atoms with Gasteiger partial charge in [0.25, 0.3) is 0 Å². The second kappa shape index (κ2) is 6.22. The molecule has 1 aromatic carbocycles. The molecule has 0 aliphatic heterocycles. The molecule has 7 nitrogen and oxygen atoms in total. The second-order valence-electron chi connectivity index (χ2n) is 3.71. The summed E-state index contributed by atoms with van der Waals surface area (Å²) in [4.78, 5) is 18.2. The molecule has 0 spiro atoms. The fourth-order valence-electron chi connectivity index (χ4n) is 1.42. The molecule has 1 aromatic heterocycles. The highest BCUT2D eigenvalue weighted by Gasteiger charge is 2.20. The predicted molar refractivity (Wildman–Crippen MR) is 79.1 cm³/mol. The summed E-state index contributed by atoms with van der Waals surface area (Å²) >= 11 is 4.11. The number of nitro benzene ring substituents is 1. The molecule has 10 heteroatoms. The lowest BCUT2D eigenvalue weighted by molar-refractivity contribution is -0.385. The van der Waals surface area contributed by atoms with Gasteiger partial charge in [-0.15, -0.1) is 0 Å². The van der Waals surface area contributed by atoms with E-state index in [4.69, 9.17) is 10.5 Å². The van der Waals surface area contributed by atoms with Crippen molar-refractivity contribution in [2.75, 3.05) is 12.0 Å². The molecule has 2 aromatic rings. The van der Waals surface area contributed by atoms with E-state index in [1.165, 1.54) is 17.8 Å². The van der Waals surface area contributed by atoms with E-state index in [0.29, 0.717) is 5.16 Å². The number of nitrogen functional groups attached to an aromatic ring is 1. The first kappa shape index (κ1) is 15.4. The number of hydrogen-bond donors (Lipinski definition) is 1. The molecule has 0 saturated carbocycles. The third-order valence-electron chi connectivity index (χ3n) is 2.30. The van der Waals surface area contributed by atoms with Crippen LogP contribution >= 0.6 is 27.7 Å². The van der Waals surface area contributed by atoms with Crippen LogP contribution in [0.3, 0.4) is 0 Å². The van der Waals surface area contributed by atoms with Gasteiger partial charge in [0.05, 0.1) is 9.40 Å². The van der Waals surface area contributed by atoms with Crippen LogP contribution in [0.4, 0.5) is 15.9 Å². The summed E-state index contributed by atoms with van der Waals surface area (Å²) in [7, 11) is 0. The molecule has 2 N–H and O–H groups in total. The quantitative estimate of drug-likeness (QED) is 0.378. The maximum atomic E-state index is 13.5. The topological polar surface area (TPSA) is 104 Å². The van der Waals surface area contributed by atoms with Crippen LogP contribution < -0.4 is 10.5 Å². The van der Waals surface area contributed by atoms with Crippen molar-refractivity contribution in [1.29, 1.82) is 0 Å². The maximum Gasteiger partial charge on any atom is 0.312 e. The number of benzene rings is 1. The van der Waals surface area contributed by atoms with E-state index in [-0.39, 0.29) is 21.9 Å². The van der Waals surface area contributed by atoms with Gasteiger partial charge in [-0.1, -0.05) is 11.8 Å². The average molecular weight is 375 g/mol. The molecule has 110 valence electrons. The number of halogens is 2. The third-order valence-corrected chi connectivity index (χ3v) is 3.45. The monoisotopic (exact) mass is 374 g/mol. The molecule has 0 fully saturated rings. The molecule has 0 bridgehead atoms. The Bertz CT molecular complexity index is 716. The predicted octanol–water partition coefficient (Wildman–Crippen LogP) is 3.38. The molecular weight excluding hydrogens is 367 g/mol. The first-order chi connectivity index (χ1) is 9.90. The molecule has 0 aliphatic rings. The first-order valence-electron chi connectivity index (χ1n) is 5.40. The van der Waals surface area contributed by atoms with Gasteiger partial charge < -0.3 is 10.5 Å². The van der Waals surface area contributed by atoms with Crippen LogP contribution in [0.15, 0.2) is 27.8 Å². The molecule has 0 radical (unpaired) electrons. The van der Waals surface area contributed by atoms with Crippen LogP contribution in [0, 0.1) is 15.9 Å². The summed E-state index contributed by atoms with van der Waals surface area (Å²) in [5.74, 6) is -0.824. The third kappa shape index (κ3) is 3.58. The fraction of sp³-hybridized carbons (Fsp3) is 0.0909. The minimum Gasteiger partial charge on any atom is -0.431 e. The van der Waals surface area contributed by atoms with Gasteiger partial charge in [0.1, 0.15) is 11.6 Å². The molecular formula is C11H8BrFN4O3S. The van der Waals surface area contributed by atoms with Crippen LogP contribution in [0.5, 0.6) is 11.6 Å². The second-order valence-corrected chi connectivity index (χ2v) is 5.34. The van der Waals surface area contributed by atoms with E-state index in [2.05, 4.69) is 25.9 Å². The van der Waals surface area contributed by atoms with Crippen molar-refractivity contribution in [3.63, 3.8) is 0 Å². The number of aromatic nitrogens is 2. The largest absolute Gasteiger partial charge is 0.431 e. The van der Waals surface area contributed by atoms with Gasteiger partial charge in [0, 0.05) is 18.2 Å². The van der Waals surface area contributed by atoms with Crippen molar-refractivity contribution in [3.8, 4) is 11.6 Å². The summed E-state index contributed by atoms with van der Waals surface area (Å²) in [6.07, 6.45) is 1.74. The molecule has 0 atom stereocenters. The van der Waals surface area contributed by atoms with Crippen molar-refractivity contribution < 1.29 is 14.1 Å². The van der Waals surface area contributed by atoms with E-state index < -0.39 is 16.4 Å². The van der Waals surface area contributed by atoms with Crippen molar-refractivity contribution in [1.82, 2.24) is 9.97 Å². The number of nitrogens with zero attached hydrogens (tertiary/aromatic N) is 3. The first-order valence-corrected chi connectivity index (χ1v) is 7.42. The summed E-state index contributed by atoms with van der Waals surface area (Å²) in [5.41, 5.74) is 5.18. The van der Waals surface area contributed by atoms with Gasteiger partial charge in [0.2, 0.25) is 11.6 Å². The molecule has 1 heterocycles. The normalized spacial score (nSPS) is 10.4. The highest BCUT2D eigenvalue weighted by Crippen LogP contribution is 2.35. The van der Waals surface area contributed by atoms with Crippen molar-refractivity contribution in [2.24, 2.45) is 0 Å². The molecule has 21 heavy (non-hydrogen) atoms. The number of nitrogens with two attached hydrogens (primary N) is 1. The number of ether oxygens (including phenoxy) is 1. The van der Waals surface area contributed by atoms with Crippen molar-refractivity contribution >= 4 is 39.2 Å². The molecule has 0 amide bonds. The highest BCUT2D eigenvalue weighted by atomic mass is 79.9.